The highest BCUT2D eigenvalue weighted by molar-refractivity contribution is 5.81. The third-order valence-electron chi connectivity index (χ3n) is 2.31. The van der Waals surface area contributed by atoms with Crippen molar-refractivity contribution in [3.63, 3.8) is 0 Å². The van der Waals surface area contributed by atoms with Crippen molar-refractivity contribution in [2.45, 2.75) is 19.2 Å². The van der Waals surface area contributed by atoms with Gasteiger partial charge in [-0.2, -0.15) is 13.2 Å². The normalized spacial score (nSPS) is 12.7. The predicted molar refractivity (Wildman–Crippen MR) is 58.9 cm³/mol. The molecule has 0 aliphatic carbocycles. The highest BCUT2D eigenvalue weighted by atomic mass is 19.4. The molecule has 19 heavy (non-hydrogen) atoms. The summed E-state index contributed by atoms with van der Waals surface area (Å²) in [6, 6.07) is 3.02. The van der Waals surface area contributed by atoms with E-state index in [-0.39, 0.29) is 11.8 Å². The molecule has 4 nitrogen and oxygen atoms in total. The highest BCUT2D eigenvalue weighted by Crippen LogP contribution is 2.38. The number of carbonyl (C=O) groups is 2. The molecule has 0 spiro atoms. The molecule has 1 atom stereocenters. The van der Waals surface area contributed by atoms with Crippen LogP contribution in [0.3, 0.4) is 0 Å². The van der Waals surface area contributed by atoms with Crippen LogP contribution < -0.4 is 4.74 Å². The van der Waals surface area contributed by atoms with Gasteiger partial charge in [-0.1, -0.05) is 6.07 Å². The Morgan fingerprint density at radius 2 is 2.00 bits per heavy atom. The summed E-state index contributed by atoms with van der Waals surface area (Å²) in [4.78, 5) is 21.9. The molecular formula is C12H11F3O4. The van der Waals surface area contributed by atoms with Crippen molar-refractivity contribution in [1.29, 1.82) is 0 Å². The summed E-state index contributed by atoms with van der Waals surface area (Å²) in [5, 5.41) is 0. The smallest absolute Gasteiger partial charge is 0.419 e. The molecule has 0 N–H and O–H groups in total. The molecule has 1 rings (SSSR count). The van der Waals surface area contributed by atoms with Gasteiger partial charge in [0.15, 0.2) is 12.4 Å². The van der Waals surface area contributed by atoms with Gasteiger partial charge in [-0.15, -0.1) is 0 Å². The number of esters is 1. The Morgan fingerprint density at radius 3 is 2.47 bits per heavy atom. The molecule has 0 amide bonds. The standard InChI is InChI=1S/C12H11F3O4/c1-7(11(17)18-2)19-10-8(6-16)4-3-5-9(10)12(13,14)15/h3-7H,1-2H3. The lowest BCUT2D eigenvalue weighted by Gasteiger charge is -2.18. The first-order valence-electron chi connectivity index (χ1n) is 5.21. The van der Waals surface area contributed by atoms with Gasteiger partial charge in [-0.3, -0.25) is 4.79 Å². The molecule has 0 radical (unpaired) electrons. The van der Waals surface area contributed by atoms with Crippen LogP contribution in [0.5, 0.6) is 5.75 Å². The molecule has 0 saturated carbocycles. The zero-order chi connectivity index (χ0) is 14.6. The molecule has 1 unspecified atom stereocenters. The number of alkyl halides is 3. The number of rotatable bonds is 4. The third kappa shape index (κ3) is 3.46. The van der Waals surface area contributed by atoms with Crippen LogP contribution in [0.4, 0.5) is 13.2 Å². The van der Waals surface area contributed by atoms with E-state index in [0.717, 1.165) is 19.2 Å². The van der Waals surface area contributed by atoms with Crippen molar-refractivity contribution in [1.82, 2.24) is 0 Å². The molecule has 104 valence electrons. The van der Waals surface area contributed by atoms with E-state index in [9.17, 15) is 22.8 Å². The van der Waals surface area contributed by atoms with Crippen LogP contribution in [0.25, 0.3) is 0 Å². The zero-order valence-corrected chi connectivity index (χ0v) is 10.2. The van der Waals surface area contributed by atoms with Gasteiger partial charge in [0.05, 0.1) is 18.2 Å². The number of aldehydes is 1. The quantitative estimate of drug-likeness (QED) is 0.626. The van der Waals surface area contributed by atoms with Gasteiger partial charge in [-0.25, -0.2) is 4.79 Å². The molecule has 0 aromatic heterocycles. The molecular weight excluding hydrogens is 265 g/mol. The average molecular weight is 276 g/mol. The van der Waals surface area contributed by atoms with Crippen molar-refractivity contribution >= 4 is 12.3 Å². The van der Waals surface area contributed by atoms with Crippen LogP contribution in [-0.2, 0) is 15.7 Å². The summed E-state index contributed by atoms with van der Waals surface area (Å²) < 4.78 is 47.6. The summed E-state index contributed by atoms with van der Waals surface area (Å²) in [7, 11) is 1.08. The van der Waals surface area contributed by atoms with Crippen LogP contribution >= 0.6 is 0 Å². The first kappa shape index (κ1) is 15.0. The fourth-order valence-corrected chi connectivity index (χ4v) is 1.39. The molecule has 7 heteroatoms. The number of ether oxygens (including phenoxy) is 2. The van der Waals surface area contributed by atoms with Crippen LogP contribution in [0.1, 0.15) is 22.8 Å². The van der Waals surface area contributed by atoms with Gasteiger partial charge in [0, 0.05) is 0 Å². The number of methoxy groups -OCH3 is 1. The summed E-state index contributed by atoms with van der Waals surface area (Å²) in [6.07, 6.45) is -5.72. The largest absolute Gasteiger partial charge is 0.478 e. The van der Waals surface area contributed by atoms with E-state index >= 15 is 0 Å². The molecule has 0 aliphatic heterocycles. The Balaban J connectivity index is 3.23. The fourth-order valence-electron chi connectivity index (χ4n) is 1.39. The maximum absolute atomic E-state index is 12.8. The second-order valence-corrected chi connectivity index (χ2v) is 3.62. The summed E-state index contributed by atoms with van der Waals surface area (Å²) >= 11 is 0. The van der Waals surface area contributed by atoms with Crippen LogP contribution in [0.2, 0.25) is 0 Å². The average Bonchev–Trinajstić information content (AvgIpc) is 2.36. The Labute approximate surface area is 107 Å². The van der Waals surface area contributed by atoms with Gasteiger partial charge in [0.1, 0.15) is 5.75 Å². The van der Waals surface area contributed by atoms with Crippen molar-refractivity contribution in [3.8, 4) is 5.75 Å². The van der Waals surface area contributed by atoms with Crippen molar-refractivity contribution in [3.05, 3.63) is 29.3 Å². The first-order valence-corrected chi connectivity index (χ1v) is 5.21. The summed E-state index contributed by atoms with van der Waals surface area (Å²) in [6.45, 7) is 1.23. The number of halogens is 3. The van der Waals surface area contributed by atoms with Gasteiger partial charge in [0.25, 0.3) is 0 Å². The van der Waals surface area contributed by atoms with E-state index in [0.29, 0.717) is 0 Å². The fraction of sp³-hybridized carbons (Fsp3) is 0.333. The van der Waals surface area contributed by atoms with Crippen molar-refractivity contribution < 1.29 is 32.2 Å². The maximum Gasteiger partial charge on any atom is 0.419 e. The van der Waals surface area contributed by atoms with Crippen LogP contribution in [0, 0.1) is 0 Å². The molecule has 0 fully saturated rings. The number of carbonyl (C=O) groups excluding carboxylic acids is 2. The van der Waals surface area contributed by atoms with Gasteiger partial charge < -0.3 is 9.47 Å². The van der Waals surface area contributed by atoms with Crippen molar-refractivity contribution in [2.75, 3.05) is 7.11 Å². The monoisotopic (exact) mass is 276 g/mol. The predicted octanol–water partition coefficient (Wildman–Crippen LogP) is 2.46. The lowest BCUT2D eigenvalue weighted by atomic mass is 10.1. The minimum Gasteiger partial charge on any atom is -0.478 e. The van der Waals surface area contributed by atoms with E-state index < -0.39 is 29.6 Å². The second kappa shape index (κ2) is 5.73. The van der Waals surface area contributed by atoms with E-state index in [1.807, 2.05) is 0 Å². The molecule has 1 aromatic carbocycles. The van der Waals surface area contributed by atoms with Crippen LogP contribution in [-0.4, -0.2) is 25.5 Å². The minimum atomic E-state index is -4.69. The molecule has 0 saturated heterocycles. The second-order valence-electron chi connectivity index (χ2n) is 3.62. The van der Waals surface area contributed by atoms with Gasteiger partial charge in [0.2, 0.25) is 0 Å². The first-order chi connectivity index (χ1) is 8.81. The molecule has 0 aliphatic rings. The lowest BCUT2D eigenvalue weighted by molar-refractivity contribution is -0.150. The number of hydrogen-bond donors (Lipinski definition) is 0. The Kier molecular flexibility index (Phi) is 4.52. The van der Waals surface area contributed by atoms with E-state index in [2.05, 4.69) is 4.74 Å². The number of benzene rings is 1. The topological polar surface area (TPSA) is 52.6 Å². The van der Waals surface area contributed by atoms with Gasteiger partial charge >= 0.3 is 12.1 Å². The summed E-state index contributed by atoms with van der Waals surface area (Å²) in [5.74, 6) is -1.52. The van der Waals surface area contributed by atoms with Crippen LogP contribution in [0.15, 0.2) is 18.2 Å². The zero-order valence-electron chi connectivity index (χ0n) is 10.2. The number of hydrogen-bond acceptors (Lipinski definition) is 4. The molecule has 1 aromatic rings. The highest BCUT2D eigenvalue weighted by Gasteiger charge is 2.36. The SMILES string of the molecule is COC(=O)C(C)Oc1c(C=O)cccc1C(F)(F)F. The lowest BCUT2D eigenvalue weighted by Crippen LogP contribution is -2.26. The number of para-hydroxylation sites is 1. The minimum absolute atomic E-state index is 0.231. The maximum atomic E-state index is 12.8. The summed E-state index contributed by atoms with van der Waals surface area (Å²) in [5.41, 5.74) is -1.40. The van der Waals surface area contributed by atoms with E-state index in [1.165, 1.54) is 13.0 Å². The molecule has 0 heterocycles. The Bertz CT molecular complexity index is 482. The molecule has 0 bridgehead atoms. The van der Waals surface area contributed by atoms with E-state index in [4.69, 9.17) is 4.74 Å². The Morgan fingerprint density at radius 1 is 1.37 bits per heavy atom. The van der Waals surface area contributed by atoms with Crippen molar-refractivity contribution in [2.24, 2.45) is 0 Å². The van der Waals surface area contributed by atoms with E-state index in [1.54, 1.807) is 0 Å². The third-order valence-corrected chi connectivity index (χ3v) is 2.31. The van der Waals surface area contributed by atoms with Gasteiger partial charge in [-0.05, 0) is 19.1 Å². The Hall–Kier alpha value is -2.05.